The summed E-state index contributed by atoms with van der Waals surface area (Å²) in [6.45, 7) is 4.63. The van der Waals surface area contributed by atoms with Crippen LogP contribution in [0.3, 0.4) is 0 Å². The molecule has 0 heterocycles. The number of rotatable bonds is 43. The standard InChI is InChI=1S/C49H91NO7/c1-6-8-10-12-14-16-18-19-20-21-22-23-24-25-26-27-28-30-31-33-35-37-39-47(51)56-44-45(43-55-42-41-46(49(53)54)50(3,4)5)57-48(52)40-38-36-34-32-29-17-15-13-11-9-7-2/h13,15,24-25,45-46H,6-12,14,16-23,26-44H2,1-5H3/b15-13+,25-24+. The van der Waals surface area contributed by atoms with Crippen LogP contribution in [0.1, 0.15) is 219 Å². The van der Waals surface area contributed by atoms with Crippen LogP contribution in [0.5, 0.6) is 0 Å². The summed E-state index contributed by atoms with van der Waals surface area (Å²) >= 11 is 0. The van der Waals surface area contributed by atoms with Crippen LogP contribution in [0.2, 0.25) is 0 Å². The van der Waals surface area contributed by atoms with Crippen LogP contribution >= 0.6 is 0 Å². The Hall–Kier alpha value is -2.19. The van der Waals surface area contributed by atoms with Gasteiger partial charge in [0.2, 0.25) is 0 Å². The first kappa shape index (κ1) is 54.8. The highest BCUT2D eigenvalue weighted by Crippen LogP contribution is 2.15. The second-order valence-corrected chi connectivity index (χ2v) is 17.3. The van der Waals surface area contributed by atoms with Gasteiger partial charge in [-0.05, 0) is 57.8 Å². The highest BCUT2D eigenvalue weighted by molar-refractivity contribution is 5.70. The number of quaternary nitrogens is 1. The van der Waals surface area contributed by atoms with Gasteiger partial charge in [0.15, 0.2) is 6.10 Å². The first-order chi connectivity index (χ1) is 27.6. The summed E-state index contributed by atoms with van der Waals surface area (Å²) in [4.78, 5) is 36.8. The lowest BCUT2D eigenvalue weighted by Crippen LogP contribution is -2.55. The predicted molar refractivity (Wildman–Crippen MR) is 236 cm³/mol. The Labute approximate surface area is 351 Å². The summed E-state index contributed by atoms with van der Waals surface area (Å²) in [5.74, 6) is -1.74. The first-order valence-electron chi connectivity index (χ1n) is 23.9. The molecule has 8 heteroatoms. The van der Waals surface area contributed by atoms with Crippen molar-refractivity contribution < 1.29 is 38.2 Å². The molecule has 57 heavy (non-hydrogen) atoms. The molecule has 0 saturated carbocycles. The van der Waals surface area contributed by atoms with Gasteiger partial charge in [0, 0.05) is 19.3 Å². The van der Waals surface area contributed by atoms with E-state index in [-0.39, 0.29) is 42.7 Å². The fourth-order valence-corrected chi connectivity index (χ4v) is 7.05. The maximum absolute atomic E-state index is 12.7. The van der Waals surface area contributed by atoms with Crippen LogP contribution < -0.4 is 5.11 Å². The number of nitrogens with zero attached hydrogens (tertiary/aromatic N) is 1. The number of likely N-dealkylation sites (N-methyl/N-ethyl adjacent to an activating group) is 1. The molecule has 2 unspecified atom stereocenters. The summed E-state index contributed by atoms with van der Waals surface area (Å²) in [6, 6.07) is -0.725. The monoisotopic (exact) mass is 806 g/mol. The minimum Gasteiger partial charge on any atom is -0.544 e. The topological polar surface area (TPSA) is 102 Å². The van der Waals surface area contributed by atoms with Crippen LogP contribution in [0.15, 0.2) is 24.3 Å². The van der Waals surface area contributed by atoms with E-state index < -0.39 is 18.1 Å². The van der Waals surface area contributed by atoms with E-state index in [2.05, 4.69) is 38.2 Å². The van der Waals surface area contributed by atoms with Crippen LogP contribution in [0, 0.1) is 0 Å². The second-order valence-electron chi connectivity index (χ2n) is 17.3. The minimum atomic E-state index is -1.13. The maximum Gasteiger partial charge on any atom is 0.306 e. The van der Waals surface area contributed by atoms with Gasteiger partial charge in [-0.2, -0.15) is 0 Å². The van der Waals surface area contributed by atoms with Crippen molar-refractivity contribution >= 4 is 17.9 Å². The van der Waals surface area contributed by atoms with Gasteiger partial charge >= 0.3 is 11.9 Å². The van der Waals surface area contributed by atoms with Gasteiger partial charge in [0.25, 0.3) is 0 Å². The molecule has 0 aromatic carbocycles. The Morgan fingerprint density at radius 2 is 0.895 bits per heavy atom. The fraction of sp³-hybridized carbons (Fsp3) is 0.857. The molecule has 0 N–H and O–H groups in total. The van der Waals surface area contributed by atoms with Crippen molar-refractivity contribution in [3.8, 4) is 0 Å². The van der Waals surface area contributed by atoms with Crippen LogP contribution in [-0.2, 0) is 28.6 Å². The molecule has 334 valence electrons. The van der Waals surface area contributed by atoms with Gasteiger partial charge in [0.1, 0.15) is 12.6 Å². The number of carboxylic acids is 1. The van der Waals surface area contributed by atoms with Crippen molar-refractivity contribution in [1.82, 2.24) is 0 Å². The third-order valence-electron chi connectivity index (χ3n) is 10.8. The van der Waals surface area contributed by atoms with Crippen LogP contribution in [0.25, 0.3) is 0 Å². The average Bonchev–Trinajstić information content (AvgIpc) is 3.17. The molecule has 0 radical (unpaired) electrons. The van der Waals surface area contributed by atoms with Gasteiger partial charge in [-0.1, -0.05) is 167 Å². The summed E-state index contributed by atoms with van der Waals surface area (Å²) in [7, 11) is 5.41. The zero-order chi connectivity index (χ0) is 42.1. The number of aliphatic carboxylic acids is 1. The third-order valence-corrected chi connectivity index (χ3v) is 10.8. The lowest BCUT2D eigenvalue weighted by atomic mass is 10.0. The Kier molecular flexibility index (Phi) is 39.0. The zero-order valence-electron chi connectivity index (χ0n) is 38.0. The molecule has 0 aromatic heterocycles. The van der Waals surface area contributed by atoms with Crippen molar-refractivity contribution in [2.24, 2.45) is 0 Å². The van der Waals surface area contributed by atoms with E-state index in [0.717, 1.165) is 51.4 Å². The highest BCUT2D eigenvalue weighted by Gasteiger charge is 2.25. The molecule has 0 rings (SSSR count). The zero-order valence-corrected chi connectivity index (χ0v) is 38.0. The van der Waals surface area contributed by atoms with Crippen LogP contribution in [0.4, 0.5) is 0 Å². The van der Waals surface area contributed by atoms with Crippen molar-refractivity contribution in [2.75, 3.05) is 41.0 Å². The average molecular weight is 806 g/mol. The van der Waals surface area contributed by atoms with Gasteiger partial charge in [0.05, 0.1) is 40.3 Å². The molecule has 0 fully saturated rings. The second kappa shape index (κ2) is 40.6. The molecule has 0 aliphatic heterocycles. The molecule has 0 aromatic rings. The highest BCUT2D eigenvalue weighted by atomic mass is 16.6. The third kappa shape index (κ3) is 39.1. The fourth-order valence-electron chi connectivity index (χ4n) is 7.05. The van der Waals surface area contributed by atoms with Gasteiger partial charge in [-0.15, -0.1) is 0 Å². The molecule has 8 nitrogen and oxygen atoms in total. The molecule has 0 bridgehead atoms. The lowest BCUT2D eigenvalue weighted by molar-refractivity contribution is -0.889. The van der Waals surface area contributed by atoms with E-state index in [1.165, 1.54) is 135 Å². The lowest BCUT2D eigenvalue weighted by Gasteiger charge is -2.34. The Morgan fingerprint density at radius 3 is 1.32 bits per heavy atom. The Morgan fingerprint density at radius 1 is 0.509 bits per heavy atom. The van der Waals surface area contributed by atoms with Crippen molar-refractivity contribution in [3.05, 3.63) is 24.3 Å². The SMILES string of the molecule is CCCC/C=C/CCCCCCCC(=O)OC(COCCC(C(=O)[O-])[N+](C)(C)C)COC(=O)CCCCCCCCC/C=C/CCCCCCCCCCCCC. The van der Waals surface area contributed by atoms with Gasteiger partial charge in [-0.3, -0.25) is 9.59 Å². The summed E-state index contributed by atoms with van der Waals surface area (Å²) in [5.41, 5.74) is 0. The smallest absolute Gasteiger partial charge is 0.306 e. The molecule has 0 spiro atoms. The minimum absolute atomic E-state index is 0.0386. The number of ether oxygens (including phenoxy) is 3. The quantitative estimate of drug-likeness (QED) is 0.0262. The normalized spacial score (nSPS) is 13.1. The first-order valence-corrected chi connectivity index (χ1v) is 23.9. The number of hydrogen-bond acceptors (Lipinski definition) is 7. The van der Waals surface area contributed by atoms with Crippen molar-refractivity contribution in [3.63, 3.8) is 0 Å². The largest absolute Gasteiger partial charge is 0.544 e. The molecular formula is C49H91NO7. The molecule has 2 atom stereocenters. The molecule has 0 saturated heterocycles. The van der Waals surface area contributed by atoms with Gasteiger partial charge < -0.3 is 28.6 Å². The molecular weight excluding hydrogens is 715 g/mol. The van der Waals surface area contributed by atoms with E-state index in [1.807, 2.05) is 0 Å². The summed E-state index contributed by atoms with van der Waals surface area (Å²) in [6.07, 6.45) is 45.0. The molecule has 0 aliphatic rings. The van der Waals surface area contributed by atoms with Crippen molar-refractivity contribution in [2.45, 2.75) is 231 Å². The van der Waals surface area contributed by atoms with Gasteiger partial charge in [-0.25, -0.2) is 0 Å². The van der Waals surface area contributed by atoms with Crippen molar-refractivity contribution in [1.29, 1.82) is 0 Å². The number of carboxylic acid groups (broad SMARTS) is 1. The number of carbonyl (C=O) groups is 3. The summed E-state index contributed by atoms with van der Waals surface area (Å²) < 4.78 is 17.2. The van der Waals surface area contributed by atoms with E-state index in [1.54, 1.807) is 21.1 Å². The van der Waals surface area contributed by atoms with E-state index in [4.69, 9.17) is 14.2 Å². The van der Waals surface area contributed by atoms with E-state index in [9.17, 15) is 19.5 Å². The molecule has 0 aliphatic carbocycles. The number of hydrogen-bond donors (Lipinski definition) is 0. The number of unbranched alkanes of at least 4 members (excludes halogenated alkanes) is 25. The summed E-state index contributed by atoms with van der Waals surface area (Å²) in [5, 5.41) is 11.6. The Balaban J connectivity index is 4.19. The number of carbonyl (C=O) groups excluding carboxylic acids is 3. The maximum atomic E-state index is 12.7. The van der Waals surface area contributed by atoms with Crippen LogP contribution in [-0.4, -0.2) is 75.5 Å². The number of esters is 2. The Bertz CT molecular complexity index is 989. The van der Waals surface area contributed by atoms with E-state index >= 15 is 0 Å². The predicted octanol–water partition coefficient (Wildman–Crippen LogP) is 11.9. The van der Waals surface area contributed by atoms with E-state index in [0.29, 0.717) is 12.8 Å². The number of allylic oxidation sites excluding steroid dienone is 4. The molecule has 0 amide bonds.